The number of allylic oxidation sites excluding steroid dienone is 1. The number of benzene rings is 1. The van der Waals surface area contributed by atoms with Crippen molar-refractivity contribution in [3.05, 3.63) is 48.6 Å². The molecule has 2 rings (SSSR count). The second-order valence-corrected chi connectivity index (χ2v) is 4.91. The lowest BCUT2D eigenvalue weighted by atomic mass is 9.82. The highest BCUT2D eigenvalue weighted by atomic mass is 16.5. The van der Waals surface area contributed by atoms with Crippen LogP contribution in [-0.2, 0) is 20.9 Å². The minimum atomic E-state index is -0.976. The summed E-state index contributed by atoms with van der Waals surface area (Å²) >= 11 is 0. The molecule has 1 aromatic rings. The monoisotopic (exact) mass is 258 g/mol. The predicted molar refractivity (Wildman–Crippen MR) is 72.3 cm³/mol. The van der Waals surface area contributed by atoms with Crippen molar-refractivity contribution in [3.63, 3.8) is 0 Å². The highest BCUT2D eigenvalue weighted by Gasteiger charge is 2.48. The zero-order chi connectivity index (χ0) is 13.7. The van der Waals surface area contributed by atoms with Crippen LogP contribution in [0.5, 0.6) is 0 Å². The molecule has 0 amide bonds. The zero-order valence-corrected chi connectivity index (χ0v) is 10.9. The van der Waals surface area contributed by atoms with Gasteiger partial charge in [0.15, 0.2) is 5.78 Å². The number of hydrogen-bond acceptors (Lipinski definition) is 3. The summed E-state index contributed by atoms with van der Waals surface area (Å²) < 4.78 is 5.33. The quantitative estimate of drug-likeness (QED) is 0.463. The SMILES string of the molecule is C=CCC1(C(=O)OCc2ccccc2)CCCC1=O. The number of Topliss-reactive ketones (excluding diaryl/α,β-unsaturated/α-hetero) is 1. The first-order valence-electron chi connectivity index (χ1n) is 6.54. The van der Waals surface area contributed by atoms with Crippen molar-refractivity contribution in [2.75, 3.05) is 0 Å². The maximum Gasteiger partial charge on any atom is 0.320 e. The van der Waals surface area contributed by atoms with Crippen LogP contribution in [0.15, 0.2) is 43.0 Å². The Kier molecular flexibility index (Phi) is 4.15. The van der Waals surface area contributed by atoms with Crippen LogP contribution in [0, 0.1) is 5.41 Å². The Labute approximate surface area is 113 Å². The molecule has 0 spiro atoms. The van der Waals surface area contributed by atoms with Gasteiger partial charge in [-0.05, 0) is 24.8 Å². The van der Waals surface area contributed by atoms with E-state index in [1.54, 1.807) is 6.08 Å². The van der Waals surface area contributed by atoms with E-state index in [9.17, 15) is 9.59 Å². The topological polar surface area (TPSA) is 43.4 Å². The Bertz CT molecular complexity index is 478. The van der Waals surface area contributed by atoms with Gasteiger partial charge in [0.25, 0.3) is 0 Å². The molecule has 0 bridgehead atoms. The predicted octanol–water partition coefficient (Wildman–Crippen LogP) is 3.05. The van der Waals surface area contributed by atoms with Crippen LogP contribution in [0.2, 0.25) is 0 Å². The van der Waals surface area contributed by atoms with Crippen LogP contribution in [-0.4, -0.2) is 11.8 Å². The van der Waals surface area contributed by atoms with E-state index < -0.39 is 11.4 Å². The van der Waals surface area contributed by atoms with Gasteiger partial charge in [-0.1, -0.05) is 36.4 Å². The second-order valence-electron chi connectivity index (χ2n) is 4.91. The first kappa shape index (κ1) is 13.5. The third-order valence-electron chi connectivity index (χ3n) is 3.64. The van der Waals surface area contributed by atoms with Gasteiger partial charge >= 0.3 is 5.97 Å². The van der Waals surface area contributed by atoms with Gasteiger partial charge in [-0.15, -0.1) is 6.58 Å². The highest BCUT2D eigenvalue weighted by molar-refractivity contribution is 6.05. The van der Waals surface area contributed by atoms with Gasteiger partial charge in [-0.25, -0.2) is 0 Å². The van der Waals surface area contributed by atoms with E-state index in [0.717, 1.165) is 12.0 Å². The molecule has 0 saturated heterocycles. The second kappa shape index (κ2) is 5.83. The lowest BCUT2D eigenvalue weighted by molar-refractivity contribution is -0.160. The first-order valence-corrected chi connectivity index (χ1v) is 6.54. The number of ketones is 1. The number of hydrogen-bond donors (Lipinski definition) is 0. The molecule has 3 nitrogen and oxygen atoms in total. The van der Waals surface area contributed by atoms with E-state index in [2.05, 4.69) is 6.58 Å². The van der Waals surface area contributed by atoms with Crippen LogP contribution < -0.4 is 0 Å². The summed E-state index contributed by atoms with van der Waals surface area (Å²) in [6.45, 7) is 3.86. The van der Waals surface area contributed by atoms with Crippen LogP contribution >= 0.6 is 0 Å². The molecule has 19 heavy (non-hydrogen) atoms. The van der Waals surface area contributed by atoms with Gasteiger partial charge in [0.05, 0.1) is 0 Å². The first-order chi connectivity index (χ1) is 9.19. The fourth-order valence-electron chi connectivity index (χ4n) is 2.55. The number of ether oxygens (including phenoxy) is 1. The molecule has 3 heteroatoms. The fraction of sp³-hybridized carbons (Fsp3) is 0.375. The standard InChI is InChI=1S/C16H18O3/c1-2-10-16(11-6-9-14(16)17)15(18)19-12-13-7-4-3-5-8-13/h2-5,7-8H,1,6,9-12H2. The molecule has 1 unspecified atom stereocenters. The van der Waals surface area contributed by atoms with Crippen LogP contribution in [0.1, 0.15) is 31.2 Å². The van der Waals surface area contributed by atoms with Crippen LogP contribution in [0.4, 0.5) is 0 Å². The fourth-order valence-corrected chi connectivity index (χ4v) is 2.55. The molecule has 1 fully saturated rings. The molecule has 100 valence electrons. The third kappa shape index (κ3) is 2.75. The van der Waals surface area contributed by atoms with Gasteiger partial charge in [0, 0.05) is 6.42 Å². The van der Waals surface area contributed by atoms with Crippen molar-refractivity contribution < 1.29 is 14.3 Å². The minimum Gasteiger partial charge on any atom is -0.460 e. The van der Waals surface area contributed by atoms with E-state index in [4.69, 9.17) is 4.74 Å². The molecule has 1 saturated carbocycles. The van der Waals surface area contributed by atoms with Crippen molar-refractivity contribution in [1.82, 2.24) is 0 Å². The lowest BCUT2D eigenvalue weighted by Crippen LogP contribution is -2.36. The van der Waals surface area contributed by atoms with E-state index in [1.807, 2.05) is 30.3 Å². The summed E-state index contributed by atoms with van der Waals surface area (Å²) in [6.07, 6.45) is 3.80. The van der Waals surface area contributed by atoms with Gasteiger partial charge in [0.2, 0.25) is 0 Å². The number of esters is 1. The molecule has 0 aromatic heterocycles. The molecule has 1 aliphatic carbocycles. The number of carbonyl (C=O) groups is 2. The largest absolute Gasteiger partial charge is 0.460 e. The molecule has 0 aliphatic heterocycles. The van der Waals surface area contributed by atoms with Crippen molar-refractivity contribution in [1.29, 1.82) is 0 Å². The minimum absolute atomic E-state index is 0.00883. The molecular formula is C16H18O3. The van der Waals surface area contributed by atoms with Crippen LogP contribution in [0.25, 0.3) is 0 Å². The van der Waals surface area contributed by atoms with Crippen molar-refractivity contribution in [2.24, 2.45) is 5.41 Å². The van der Waals surface area contributed by atoms with Gasteiger partial charge < -0.3 is 4.74 Å². The van der Waals surface area contributed by atoms with Gasteiger partial charge in [-0.3, -0.25) is 9.59 Å². The maximum absolute atomic E-state index is 12.3. The summed E-state index contributed by atoms with van der Waals surface area (Å²) in [5.41, 5.74) is -0.0497. The lowest BCUT2D eigenvalue weighted by Gasteiger charge is -2.23. The summed E-state index contributed by atoms with van der Waals surface area (Å²) in [5.74, 6) is -0.413. The average molecular weight is 258 g/mol. The Morgan fingerprint density at radius 1 is 1.37 bits per heavy atom. The summed E-state index contributed by atoms with van der Waals surface area (Å²) in [4.78, 5) is 24.2. The summed E-state index contributed by atoms with van der Waals surface area (Å²) in [5, 5.41) is 0. The van der Waals surface area contributed by atoms with Gasteiger partial charge in [0.1, 0.15) is 12.0 Å². The van der Waals surface area contributed by atoms with Crippen molar-refractivity contribution in [2.45, 2.75) is 32.3 Å². The maximum atomic E-state index is 12.3. The van der Waals surface area contributed by atoms with Crippen molar-refractivity contribution in [3.8, 4) is 0 Å². The van der Waals surface area contributed by atoms with E-state index >= 15 is 0 Å². The molecule has 1 atom stereocenters. The highest BCUT2D eigenvalue weighted by Crippen LogP contribution is 2.39. The molecular weight excluding hydrogens is 240 g/mol. The summed E-state index contributed by atoms with van der Waals surface area (Å²) in [7, 11) is 0. The van der Waals surface area contributed by atoms with E-state index in [1.165, 1.54) is 0 Å². The molecule has 1 aliphatic rings. The third-order valence-corrected chi connectivity index (χ3v) is 3.64. The van der Waals surface area contributed by atoms with Gasteiger partial charge in [-0.2, -0.15) is 0 Å². The molecule has 0 radical (unpaired) electrons. The molecule has 0 heterocycles. The average Bonchev–Trinajstić information content (AvgIpc) is 2.80. The van der Waals surface area contributed by atoms with E-state index in [-0.39, 0.29) is 12.4 Å². The zero-order valence-electron chi connectivity index (χ0n) is 10.9. The smallest absolute Gasteiger partial charge is 0.320 e. The van der Waals surface area contributed by atoms with Crippen molar-refractivity contribution >= 4 is 11.8 Å². The number of rotatable bonds is 5. The Morgan fingerprint density at radius 2 is 2.11 bits per heavy atom. The summed E-state index contributed by atoms with van der Waals surface area (Å²) in [6, 6.07) is 9.48. The van der Waals surface area contributed by atoms with E-state index in [0.29, 0.717) is 19.3 Å². The molecule has 1 aromatic carbocycles. The Hall–Kier alpha value is -1.90. The number of carbonyl (C=O) groups excluding carboxylic acids is 2. The van der Waals surface area contributed by atoms with Crippen LogP contribution in [0.3, 0.4) is 0 Å². The normalized spacial score (nSPS) is 22.2. The Balaban J connectivity index is 2.05. The molecule has 0 N–H and O–H groups in total. The Morgan fingerprint density at radius 3 is 2.68 bits per heavy atom.